The van der Waals surface area contributed by atoms with Gasteiger partial charge in [0.15, 0.2) is 17.3 Å². The van der Waals surface area contributed by atoms with Gasteiger partial charge in [-0.3, -0.25) is 14.4 Å². The average Bonchev–Trinajstić information content (AvgIpc) is 3.42. The van der Waals surface area contributed by atoms with Crippen LogP contribution in [0.4, 0.5) is 10.1 Å². The maximum Gasteiger partial charge on any atom is 0.186 e. The van der Waals surface area contributed by atoms with Crippen LogP contribution in [-0.2, 0) is 0 Å². The summed E-state index contributed by atoms with van der Waals surface area (Å²) in [6.07, 6.45) is 3.45. The number of hydrogen-bond donors (Lipinski definition) is 0. The van der Waals surface area contributed by atoms with Crippen molar-refractivity contribution in [2.24, 2.45) is 5.41 Å². The van der Waals surface area contributed by atoms with Crippen molar-refractivity contribution in [3.8, 4) is 5.75 Å². The standard InChI is InChI=1S/C34H22Cl2FNO4/c1-42-22-6-4-5-19(16-22)31(39)30-29(25-12-10-20(35)17-26(25)36)34(32(40)23-7-2-3-8-24(23)33(34)41)28-14-9-18-15-21(37)11-13-27(18)38(28)30/h2-17,28-30H,1H3. The molecular formula is C34H22Cl2FNO4. The molecule has 3 atom stereocenters. The molecule has 0 aromatic heterocycles. The Morgan fingerprint density at radius 2 is 1.64 bits per heavy atom. The molecule has 5 nitrogen and oxygen atoms in total. The van der Waals surface area contributed by atoms with Crippen molar-refractivity contribution in [2.45, 2.75) is 18.0 Å². The number of hydrogen-bond acceptors (Lipinski definition) is 5. The molecule has 8 heteroatoms. The van der Waals surface area contributed by atoms with Gasteiger partial charge < -0.3 is 9.64 Å². The smallest absolute Gasteiger partial charge is 0.186 e. The zero-order chi connectivity index (χ0) is 29.3. The van der Waals surface area contributed by atoms with Gasteiger partial charge in [0.05, 0.1) is 13.2 Å². The molecular weight excluding hydrogens is 576 g/mol. The van der Waals surface area contributed by atoms with Crippen LogP contribution in [0, 0.1) is 11.2 Å². The maximum absolute atomic E-state index is 14.7. The molecule has 0 bridgehead atoms. The highest BCUT2D eigenvalue weighted by molar-refractivity contribution is 6.36. The molecule has 4 aromatic carbocycles. The fourth-order valence-electron chi connectivity index (χ4n) is 6.99. The van der Waals surface area contributed by atoms with Gasteiger partial charge >= 0.3 is 0 Å². The van der Waals surface area contributed by atoms with Gasteiger partial charge in [-0.05, 0) is 48.0 Å². The van der Waals surface area contributed by atoms with Crippen LogP contribution in [0.3, 0.4) is 0 Å². The van der Waals surface area contributed by atoms with Crippen LogP contribution in [-0.4, -0.2) is 36.5 Å². The Hall–Kier alpha value is -4.26. The van der Waals surface area contributed by atoms with Gasteiger partial charge in [-0.2, -0.15) is 0 Å². The normalized spacial score (nSPS) is 21.3. The number of benzene rings is 4. The van der Waals surface area contributed by atoms with Crippen LogP contribution in [0.2, 0.25) is 10.0 Å². The minimum absolute atomic E-state index is 0.232. The Bertz CT molecular complexity index is 1830. The first kappa shape index (κ1) is 26.6. The minimum atomic E-state index is -1.73. The average molecular weight is 598 g/mol. The second-order valence-corrected chi connectivity index (χ2v) is 11.5. The number of halogens is 3. The molecule has 0 N–H and O–H groups in total. The van der Waals surface area contributed by atoms with E-state index in [1.807, 2.05) is 0 Å². The molecule has 3 aliphatic rings. The van der Waals surface area contributed by atoms with Crippen LogP contribution in [0.25, 0.3) is 6.08 Å². The van der Waals surface area contributed by atoms with E-state index in [2.05, 4.69) is 0 Å². The summed E-state index contributed by atoms with van der Waals surface area (Å²) in [5.74, 6) is -2.09. The summed E-state index contributed by atoms with van der Waals surface area (Å²) in [7, 11) is 1.51. The summed E-state index contributed by atoms with van der Waals surface area (Å²) >= 11 is 13.1. The van der Waals surface area contributed by atoms with Crippen LogP contribution in [0.15, 0.2) is 91.0 Å². The molecule has 0 radical (unpaired) electrons. The number of ether oxygens (including phenoxy) is 1. The quantitative estimate of drug-likeness (QED) is 0.180. The highest BCUT2D eigenvalue weighted by Crippen LogP contribution is 2.61. The van der Waals surface area contributed by atoms with Gasteiger partial charge in [0, 0.05) is 43.9 Å². The zero-order valence-corrected chi connectivity index (χ0v) is 23.7. The van der Waals surface area contributed by atoms with E-state index in [4.69, 9.17) is 27.9 Å². The van der Waals surface area contributed by atoms with Crippen molar-refractivity contribution in [3.63, 3.8) is 0 Å². The number of fused-ring (bicyclic) bond motifs is 5. The number of nitrogens with zero attached hydrogens (tertiary/aromatic N) is 1. The summed E-state index contributed by atoms with van der Waals surface area (Å²) < 4.78 is 19.8. The lowest BCUT2D eigenvalue weighted by atomic mass is 9.64. The highest BCUT2D eigenvalue weighted by Gasteiger charge is 2.71. The van der Waals surface area contributed by atoms with E-state index >= 15 is 0 Å². The van der Waals surface area contributed by atoms with Gasteiger partial charge in [0.25, 0.3) is 0 Å². The molecule has 0 amide bonds. The molecule has 0 saturated carbocycles. The fraction of sp³-hybridized carbons (Fsp3) is 0.147. The maximum atomic E-state index is 14.7. The van der Waals surface area contributed by atoms with Crippen LogP contribution >= 0.6 is 23.2 Å². The third-order valence-electron chi connectivity index (χ3n) is 8.69. The van der Waals surface area contributed by atoms with Gasteiger partial charge in [-0.1, -0.05) is 77.8 Å². The van der Waals surface area contributed by atoms with Crippen molar-refractivity contribution in [1.82, 2.24) is 0 Å². The molecule has 1 saturated heterocycles. The van der Waals surface area contributed by atoms with E-state index < -0.39 is 29.2 Å². The van der Waals surface area contributed by atoms with E-state index in [1.54, 1.807) is 89.8 Å². The number of carbonyl (C=O) groups excluding carboxylic acids is 3. The monoisotopic (exact) mass is 597 g/mol. The first-order chi connectivity index (χ1) is 20.3. The lowest BCUT2D eigenvalue weighted by Crippen LogP contribution is -2.48. The molecule has 1 aliphatic carbocycles. The summed E-state index contributed by atoms with van der Waals surface area (Å²) in [6, 6.07) is 20.6. The second-order valence-electron chi connectivity index (χ2n) is 10.7. The van der Waals surface area contributed by atoms with E-state index in [0.717, 1.165) is 0 Å². The Kier molecular flexibility index (Phi) is 6.12. The van der Waals surface area contributed by atoms with Crippen LogP contribution < -0.4 is 9.64 Å². The summed E-state index contributed by atoms with van der Waals surface area (Å²) in [4.78, 5) is 45.9. The molecule has 2 aliphatic heterocycles. The molecule has 208 valence electrons. The third-order valence-corrected chi connectivity index (χ3v) is 9.25. The first-order valence-electron chi connectivity index (χ1n) is 13.3. The topological polar surface area (TPSA) is 63.7 Å². The van der Waals surface area contributed by atoms with Crippen molar-refractivity contribution >= 4 is 52.3 Å². The van der Waals surface area contributed by atoms with Crippen molar-refractivity contribution in [2.75, 3.05) is 12.0 Å². The van der Waals surface area contributed by atoms with Crippen LogP contribution in [0.5, 0.6) is 5.75 Å². The number of Topliss-reactive ketones (excluding diaryl/α,β-unsaturated/α-hetero) is 3. The number of methoxy groups -OCH3 is 1. The summed E-state index contributed by atoms with van der Waals surface area (Å²) in [5.41, 5.74) is 0.706. The number of rotatable bonds is 4. The van der Waals surface area contributed by atoms with Gasteiger partial charge in [0.1, 0.15) is 23.0 Å². The molecule has 3 unspecified atom stereocenters. The van der Waals surface area contributed by atoms with Crippen LogP contribution in [0.1, 0.15) is 48.1 Å². The highest BCUT2D eigenvalue weighted by atomic mass is 35.5. The van der Waals surface area contributed by atoms with E-state index in [1.165, 1.54) is 19.2 Å². The Balaban J connectivity index is 1.56. The predicted molar refractivity (Wildman–Crippen MR) is 160 cm³/mol. The van der Waals surface area contributed by atoms with E-state index in [9.17, 15) is 18.8 Å². The van der Waals surface area contributed by atoms with Crippen molar-refractivity contribution < 1.29 is 23.5 Å². The second kappa shape index (κ2) is 9.65. The Morgan fingerprint density at radius 1 is 0.905 bits per heavy atom. The lowest BCUT2D eigenvalue weighted by molar-refractivity contribution is 0.0666. The first-order valence-corrected chi connectivity index (χ1v) is 14.1. The van der Waals surface area contributed by atoms with Gasteiger partial charge in [-0.15, -0.1) is 0 Å². The fourth-order valence-corrected chi connectivity index (χ4v) is 7.52. The molecule has 2 heterocycles. The molecule has 7 rings (SSSR count). The Labute approximate surface area is 251 Å². The predicted octanol–water partition coefficient (Wildman–Crippen LogP) is 7.46. The molecule has 42 heavy (non-hydrogen) atoms. The molecule has 1 fully saturated rings. The van der Waals surface area contributed by atoms with E-state index in [0.29, 0.717) is 44.3 Å². The lowest BCUT2D eigenvalue weighted by Gasteiger charge is -2.37. The molecule has 4 aromatic rings. The number of anilines is 1. The Morgan fingerprint density at radius 3 is 2.33 bits per heavy atom. The SMILES string of the molecule is COc1cccc(C(=O)C2C(c3ccc(Cl)cc3Cl)C3(C(=O)c4ccccc4C3=O)C3C=Cc4cc(F)ccc4N23)c1. The third kappa shape index (κ3) is 3.58. The minimum Gasteiger partial charge on any atom is -0.497 e. The number of carbonyl (C=O) groups is 3. The number of ketones is 3. The van der Waals surface area contributed by atoms with Crippen molar-refractivity contribution in [3.05, 3.63) is 135 Å². The van der Waals surface area contributed by atoms with Gasteiger partial charge in [0.2, 0.25) is 0 Å². The molecule has 1 spiro atoms. The largest absolute Gasteiger partial charge is 0.497 e. The zero-order valence-electron chi connectivity index (χ0n) is 22.2. The summed E-state index contributed by atoms with van der Waals surface area (Å²) in [5, 5.41) is 0.604. The van der Waals surface area contributed by atoms with E-state index in [-0.39, 0.29) is 22.4 Å². The summed E-state index contributed by atoms with van der Waals surface area (Å²) in [6.45, 7) is 0. The van der Waals surface area contributed by atoms with Crippen molar-refractivity contribution in [1.29, 1.82) is 0 Å². The van der Waals surface area contributed by atoms with Gasteiger partial charge in [-0.25, -0.2) is 4.39 Å².